The second-order valence-electron chi connectivity index (χ2n) is 5.98. The van der Waals surface area contributed by atoms with E-state index < -0.39 is 0 Å². The summed E-state index contributed by atoms with van der Waals surface area (Å²) >= 11 is 1.74. The number of fused-ring (bicyclic) bond motifs is 2. The molecule has 0 fully saturated rings. The van der Waals surface area contributed by atoms with Gasteiger partial charge in [-0.25, -0.2) is 4.79 Å². The summed E-state index contributed by atoms with van der Waals surface area (Å²) in [6.45, 7) is 6.09. The highest BCUT2D eigenvalue weighted by Gasteiger charge is 2.23. The van der Waals surface area contributed by atoms with Crippen LogP contribution in [0.5, 0.6) is 0 Å². The second-order valence-corrected chi connectivity index (χ2v) is 6.97. The van der Waals surface area contributed by atoms with Crippen LogP contribution in [0, 0.1) is 0 Å². The van der Waals surface area contributed by atoms with Crippen LogP contribution in [0.3, 0.4) is 0 Å². The van der Waals surface area contributed by atoms with Gasteiger partial charge in [0.15, 0.2) is 0 Å². The van der Waals surface area contributed by atoms with E-state index in [2.05, 4.69) is 30.9 Å². The highest BCUT2D eigenvalue weighted by Crippen LogP contribution is 2.42. The summed E-state index contributed by atoms with van der Waals surface area (Å²) in [6.07, 6.45) is 0. The molecule has 25 heavy (non-hydrogen) atoms. The molecule has 0 radical (unpaired) electrons. The summed E-state index contributed by atoms with van der Waals surface area (Å²) in [7, 11) is 0. The van der Waals surface area contributed by atoms with Crippen molar-refractivity contribution < 1.29 is 4.42 Å². The quantitative estimate of drug-likeness (QED) is 0.628. The molecule has 4 rings (SSSR count). The van der Waals surface area contributed by atoms with Crippen molar-refractivity contribution in [3.05, 3.63) is 59.0 Å². The third kappa shape index (κ3) is 2.78. The van der Waals surface area contributed by atoms with E-state index in [-0.39, 0.29) is 5.63 Å². The number of hydrogen-bond acceptors (Lipinski definition) is 5. The van der Waals surface area contributed by atoms with E-state index in [1.54, 1.807) is 11.8 Å². The van der Waals surface area contributed by atoms with Gasteiger partial charge in [0.25, 0.3) is 0 Å². The normalized spacial score (nSPS) is 13.3. The third-order valence-electron chi connectivity index (χ3n) is 4.63. The molecule has 2 heterocycles. The average Bonchev–Trinajstić information content (AvgIpc) is 3.06. The Hall–Kier alpha value is -2.40. The van der Waals surface area contributed by atoms with Crippen molar-refractivity contribution in [1.82, 2.24) is 0 Å². The van der Waals surface area contributed by atoms with Crippen molar-refractivity contribution in [2.45, 2.75) is 18.7 Å². The number of rotatable bonds is 4. The molecule has 0 spiro atoms. The van der Waals surface area contributed by atoms with Crippen molar-refractivity contribution in [2.75, 3.05) is 28.8 Å². The van der Waals surface area contributed by atoms with E-state index in [1.807, 2.05) is 41.3 Å². The molecule has 0 saturated heterocycles. The molecule has 1 aliphatic heterocycles. The Morgan fingerprint density at radius 2 is 1.88 bits per heavy atom. The van der Waals surface area contributed by atoms with Crippen LogP contribution in [0.4, 0.5) is 17.1 Å². The fraction of sp³-hybridized carbons (Fsp3) is 0.250. The van der Waals surface area contributed by atoms with E-state index in [0.717, 1.165) is 35.7 Å². The molecule has 0 atom stereocenters. The van der Waals surface area contributed by atoms with E-state index in [1.165, 1.54) is 4.90 Å². The Labute approximate surface area is 151 Å². The van der Waals surface area contributed by atoms with Crippen LogP contribution in [0.15, 0.2) is 62.6 Å². The fourth-order valence-corrected chi connectivity index (χ4v) is 4.32. The molecule has 1 aromatic heterocycles. The Balaban J connectivity index is 1.79. The first-order valence-corrected chi connectivity index (χ1v) is 9.52. The minimum absolute atomic E-state index is 0.290. The Kier molecular flexibility index (Phi) is 4.17. The summed E-state index contributed by atoms with van der Waals surface area (Å²) in [5, 5.41) is 0.944. The minimum atomic E-state index is -0.290. The van der Waals surface area contributed by atoms with Crippen LogP contribution in [-0.4, -0.2) is 19.0 Å². The van der Waals surface area contributed by atoms with Gasteiger partial charge < -0.3 is 14.2 Å². The smallest absolute Gasteiger partial charge is 0.360 e. The van der Waals surface area contributed by atoms with E-state index in [0.29, 0.717) is 11.3 Å². The topological polar surface area (TPSA) is 36.7 Å². The summed E-state index contributed by atoms with van der Waals surface area (Å²) in [5.41, 5.74) is 3.09. The molecule has 0 amide bonds. The summed E-state index contributed by atoms with van der Waals surface area (Å²) in [5.74, 6) is 0.729. The molecule has 1 aliphatic rings. The maximum atomic E-state index is 12.6. The molecule has 4 nitrogen and oxygen atoms in total. The first kappa shape index (κ1) is 16.1. The molecule has 0 aliphatic carbocycles. The van der Waals surface area contributed by atoms with Crippen LogP contribution in [-0.2, 0) is 0 Å². The van der Waals surface area contributed by atoms with Gasteiger partial charge in [-0.05, 0) is 44.2 Å². The number of hydrogen-bond donors (Lipinski definition) is 0. The Morgan fingerprint density at radius 3 is 2.68 bits per heavy atom. The molecular formula is C20H20N2O2S. The molecule has 0 bridgehead atoms. The first-order chi connectivity index (χ1) is 12.2. The van der Waals surface area contributed by atoms with Gasteiger partial charge in [0, 0.05) is 35.1 Å². The van der Waals surface area contributed by atoms with Gasteiger partial charge in [-0.2, -0.15) is 0 Å². The number of para-hydroxylation sites is 1. The lowest BCUT2D eigenvalue weighted by Gasteiger charge is -2.21. The zero-order valence-corrected chi connectivity index (χ0v) is 15.2. The van der Waals surface area contributed by atoms with Crippen molar-refractivity contribution >= 4 is 39.8 Å². The average molecular weight is 352 g/mol. The van der Waals surface area contributed by atoms with Gasteiger partial charge in [0.05, 0.1) is 11.6 Å². The van der Waals surface area contributed by atoms with Gasteiger partial charge in [-0.3, -0.25) is 0 Å². The molecule has 5 heteroatoms. The standard InChI is InChI=1S/C20H20N2O2S/c1-3-21(4-2)15-10-9-14-11-17(20(23)24-18(14)12-15)22-13-25-19-8-6-5-7-16(19)22/h5-12H,3-4,13H2,1-2H3. The number of thioether (sulfide) groups is 1. The van der Waals surface area contributed by atoms with E-state index in [4.69, 9.17) is 4.42 Å². The Morgan fingerprint density at radius 1 is 1.08 bits per heavy atom. The molecular weight excluding hydrogens is 332 g/mol. The molecule has 0 N–H and O–H groups in total. The predicted molar refractivity (Wildman–Crippen MR) is 105 cm³/mol. The van der Waals surface area contributed by atoms with Crippen LogP contribution in [0.25, 0.3) is 11.0 Å². The highest BCUT2D eigenvalue weighted by atomic mass is 32.2. The lowest BCUT2D eigenvalue weighted by atomic mass is 10.2. The van der Waals surface area contributed by atoms with E-state index >= 15 is 0 Å². The third-order valence-corrected chi connectivity index (χ3v) is 5.67. The molecule has 2 aromatic carbocycles. The lowest BCUT2D eigenvalue weighted by Crippen LogP contribution is -2.22. The number of benzene rings is 2. The largest absolute Gasteiger partial charge is 0.421 e. The maximum Gasteiger partial charge on any atom is 0.360 e. The highest BCUT2D eigenvalue weighted by molar-refractivity contribution is 7.99. The zero-order valence-electron chi connectivity index (χ0n) is 14.4. The van der Waals surface area contributed by atoms with Crippen LogP contribution in [0.2, 0.25) is 0 Å². The minimum Gasteiger partial charge on any atom is -0.421 e. The van der Waals surface area contributed by atoms with Gasteiger partial charge in [0.2, 0.25) is 0 Å². The second kappa shape index (κ2) is 6.48. The van der Waals surface area contributed by atoms with Crippen LogP contribution in [0.1, 0.15) is 13.8 Å². The SMILES string of the molecule is CCN(CC)c1ccc2cc(N3CSc4ccccc43)c(=O)oc2c1. The summed E-state index contributed by atoms with van der Waals surface area (Å²) < 4.78 is 5.67. The molecule has 3 aromatic rings. The predicted octanol–water partition coefficient (Wildman–Crippen LogP) is 4.84. The van der Waals surface area contributed by atoms with Gasteiger partial charge in [0.1, 0.15) is 11.3 Å². The first-order valence-electron chi connectivity index (χ1n) is 8.53. The van der Waals surface area contributed by atoms with Crippen LogP contribution < -0.4 is 15.4 Å². The molecule has 128 valence electrons. The summed E-state index contributed by atoms with van der Waals surface area (Å²) in [6, 6.07) is 16.2. The van der Waals surface area contributed by atoms with E-state index in [9.17, 15) is 4.79 Å². The summed E-state index contributed by atoms with van der Waals surface area (Å²) in [4.78, 5) is 18.1. The number of anilines is 3. The zero-order chi connectivity index (χ0) is 17.4. The van der Waals surface area contributed by atoms with Crippen molar-refractivity contribution in [1.29, 1.82) is 0 Å². The van der Waals surface area contributed by atoms with Gasteiger partial charge in [-0.15, -0.1) is 11.8 Å². The Bertz CT molecular complexity index is 979. The maximum absolute atomic E-state index is 12.6. The van der Waals surface area contributed by atoms with Crippen molar-refractivity contribution in [3.63, 3.8) is 0 Å². The van der Waals surface area contributed by atoms with Crippen LogP contribution >= 0.6 is 11.8 Å². The van der Waals surface area contributed by atoms with Gasteiger partial charge in [-0.1, -0.05) is 12.1 Å². The monoisotopic (exact) mass is 352 g/mol. The van der Waals surface area contributed by atoms with Crippen molar-refractivity contribution in [2.24, 2.45) is 0 Å². The lowest BCUT2D eigenvalue weighted by molar-refractivity contribution is 0.561. The van der Waals surface area contributed by atoms with Gasteiger partial charge >= 0.3 is 5.63 Å². The fourth-order valence-electron chi connectivity index (χ4n) is 3.27. The number of nitrogens with zero attached hydrogens (tertiary/aromatic N) is 2. The van der Waals surface area contributed by atoms with Crippen molar-refractivity contribution in [3.8, 4) is 0 Å². The molecule has 0 saturated carbocycles. The molecule has 0 unspecified atom stereocenters.